The maximum absolute atomic E-state index is 12.6. The third-order valence-electron chi connectivity index (χ3n) is 10.4. The fourth-order valence-electron chi connectivity index (χ4n) is 6.90. The quantitative estimate of drug-likeness (QED) is 0.0205. The number of nitrogens with two attached hydrogens (primary N) is 1. The Morgan fingerprint density at radius 1 is 0.536 bits per heavy atom. The summed E-state index contributed by atoms with van der Waals surface area (Å²) in [4.78, 5) is 22.5. The highest BCUT2D eigenvalue weighted by Crippen LogP contribution is 2.43. The van der Waals surface area contributed by atoms with Crippen molar-refractivity contribution in [3.8, 4) is 0 Å². The number of rotatable bonds is 46. The van der Waals surface area contributed by atoms with Crippen molar-refractivity contribution >= 4 is 13.8 Å². The fourth-order valence-corrected chi connectivity index (χ4v) is 7.67. The van der Waals surface area contributed by atoms with Crippen LogP contribution in [0.3, 0.4) is 0 Å². The number of phosphoric ester groups is 1. The van der Waals surface area contributed by atoms with Crippen LogP contribution in [0.25, 0.3) is 0 Å². The molecule has 0 heterocycles. The van der Waals surface area contributed by atoms with Crippen molar-refractivity contribution in [1.82, 2.24) is 0 Å². The standard InChI is InChI=1S/C47H92NO7P/c1-3-5-7-9-11-13-15-17-19-21-22-23-24-25-26-28-30-32-34-36-38-40-47(49)55-46(45-54-56(50,51)53-43-41-48)44-52-42-39-37-35-33-31-29-27-20-18-16-14-12-10-8-6-4-2/h17,19,39,42,46H,3-16,18,20-38,40-41,43-45,48H2,1-2H3,(H,50,51)/b19-17+,42-39+/t46-/m1/s1. The summed E-state index contributed by atoms with van der Waals surface area (Å²) in [6, 6.07) is 0. The summed E-state index contributed by atoms with van der Waals surface area (Å²) >= 11 is 0. The van der Waals surface area contributed by atoms with Gasteiger partial charge in [0.15, 0.2) is 6.10 Å². The minimum absolute atomic E-state index is 0.0359. The van der Waals surface area contributed by atoms with Gasteiger partial charge in [-0.15, -0.1) is 0 Å². The van der Waals surface area contributed by atoms with E-state index >= 15 is 0 Å². The van der Waals surface area contributed by atoms with Crippen LogP contribution in [0.15, 0.2) is 24.5 Å². The highest BCUT2D eigenvalue weighted by Gasteiger charge is 2.25. The highest BCUT2D eigenvalue weighted by molar-refractivity contribution is 7.47. The predicted octanol–water partition coefficient (Wildman–Crippen LogP) is 14.8. The van der Waals surface area contributed by atoms with Gasteiger partial charge in [-0.2, -0.15) is 0 Å². The van der Waals surface area contributed by atoms with Crippen molar-refractivity contribution in [2.24, 2.45) is 5.73 Å². The molecule has 0 aromatic carbocycles. The molecule has 0 rings (SSSR count). The Kier molecular flexibility index (Phi) is 44.0. The van der Waals surface area contributed by atoms with Gasteiger partial charge < -0.3 is 20.1 Å². The Bertz CT molecular complexity index is 915. The van der Waals surface area contributed by atoms with Gasteiger partial charge in [0.1, 0.15) is 6.61 Å². The van der Waals surface area contributed by atoms with Crippen molar-refractivity contribution in [1.29, 1.82) is 0 Å². The second-order valence-corrected chi connectivity index (χ2v) is 17.5. The average molecular weight is 814 g/mol. The normalized spacial score (nSPS) is 13.5. The minimum atomic E-state index is -4.29. The zero-order chi connectivity index (χ0) is 40.9. The molecule has 0 aliphatic rings. The lowest BCUT2D eigenvalue weighted by atomic mass is 10.0. The first-order valence-corrected chi connectivity index (χ1v) is 25.4. The summed E-state index contributed by atoms with van der Waals surface area (Å²) in [5, 5.41) is 0. The molecule has 56 heavy (non-hydrogen) atoms. The Hall–Kier alpha value is -1.18. The number of unbranched alkanes of at least 4 members (excludes halogenated alkanes) is 31. The molecule has 0 aromatic heterocycles. The molecule has 2 atom stereocenters. The summed E-state index contributed by atoms with van der Waals surface area (Å²) < 4.78 is 33.3. The molecule has 8 nitrogen and oxygen atoms in total. The predicted molar refractivity (Wildman–Crippen MR) is 238 cm³/mol. The number of ether oxygens (including phenoxy) is 2. The van der Waals surface area contributed by atoms with Gasteiger partial charge in [0.2, 0.25) is 0 Å². The third kappa shape index (κ3) is 43.9. The van der Waals surface area contributed by atoms with Gasteiger partial charge in [0.25, 0.3) is 0 Å². The average Bonchev–Trinajstić information content (AvgIpc) is 3.19. The number of carbonyl (C=O) groups is 1. The molecular weight excluding hydrogens is 721 g/mol. The lowest BCUT2D eigenvalue weighted by Crippen LogP contribution is -2.27. The van der Waals surface area contributed by atoms with Crippen molar-refractivity contribution in [3.05, 3.63) is 24.5 Å². The Morgan fingerprint density at radius 3 is 1.32 bits per heavy atom. The van der Waals surface area contributed by atoms with E-state index < -0.39 is 13.9 Å². The second kappa shape index (κ2) is 44.9. The van der Waals surface area contributed by atoms with Crippen LogP contribution in [0.4, 0.5) is 0 Å². The summed E-state index contributed by atoms with van der Waals surface area (Å²) in [5.74, 6) is -0.350. The first-order valence-electron chi connectivity index (χ1n) is 23.9. The van der Waals surface area contributed by atoms with Gasteiger partial charge >= 0.3 is 13.8 Å². The Morgan fingerprint density at radius 2 is 0.911 bits per heavy atom. The van der Waals surface area contributed by atoms with Crippen LogP contribution in [0, 0.1) is 0 Å². The summed E-state index contributed by atoms with van der Waals surface area (Å²) in [6.07, 6.45) is 51.5. The largest absolute Gasteiger partial charge is 0.498 e. The van der Waals surface area contributed by atoms with E-state index in [4.69, 9.17) is 24.3 Å². The maximum atomic E-state index is 12.6. The van der Waals surface area contributed by atoms with Crippen LogP contribution in [-0.2, 0) is 27.9 Å². The van der Waals surface area contributed by atoms with Crippen LogP contribution in [0.2, 0.25) is 0 Å². The molecular formula is C47H92NO7P. The van der Waals surface area contributed by atoms with E-state index in [1.807, 2.05) is 6.08 Å². The molecule has 3 N–H and O–H groups in total. The zero-order valence-electron chi connectivity index (χ0n) is 36.9. The maximum Gasteiger partial charge on any atom is 0.472 e. The first-order chi connectivity index (χ1) is 27.4. The lowest BCUT2D eigenvalue weighted by Gasteiger charge is -2.19. The molecule has 0 aliphatic heterocycles. The van der Waals surface area contributed by atoms with Gasteiger partial charge in [0, 0.05) is 13.0 Å². The van der Waals surface area contributed by atoms with E-state index in [1.165, 1.54) is 186 Å². The first kappa shape index (κ1) is 54.8. The van der Waals surface area contributed by atoms with Crippen molar-refractivity contribution in [2.75, 3.05) is 26.4 Å². The molecule has 0 fully saturated rings. The van der Waals surface area contributed by atoms with Crippen LogP contribution in [0.5, 0.6) is 0 Å². The number of phosphoric acid groups is 1. The lowest BCUT2D eigenvalue weighted by molar-refractivity contribution is -0.153. The molecule has 0 aromatic rings. The molecule has 9 heteroatoms. The number of carbonyl (C=O) groups excluding carboxylic acids is 1. The van der Waals surface area contributed by atoms with Crippen molar-refractivity contribution < 1.29 is 32.8 Å². The highest BCUT2D eigenvalue weighted by atomic mass is 31.2. The van der Waals surface area contributed by atoms with E-state index in [-0.39, 0.29) is 32.3 Å². The Labute approximate surface area is 346 Å². The summed E-state index contributed by atoms with van der Waals surface area (Å²) in [6.45, 7) is 4.27. The van der Waals surface area contributed by atoms with E-state index in [0.717, 1.165) is 32.1 Å². The molecule has 0 spiro atoms. The van der Waals surface area contributed by atoms with Gasteiger partial charge in [0.05, 0.1) is 19.5 Å². The zero-order valence-corrected chi connectivity index (χ0v) is 37.8. The van der Waals surface area contributed by atoms with E-state index in [9.17, 15) is 14.3 Å². The Balaban J connectivity index is 3.98. The van der Waals surface area contributed by atoms with E-state index in [2.05, 4.69) is 26.0 Å². The molecule has 0 saturated carbocycles. The van der Waals surface area contributed by atoms with E-state index in [1.54, 1.807) is 6.26 Å². The number of hydrogen-bond acceptors (Lipinski definition) is 7. The number of allylic oxidation sites excluding steroid dienone is 3. The molecule has 0 aliphatic carbocycles. The molecule has 0 saturated heterocycles. The van der Waals surface area contributed by atoms with Gasteiger partial charge in [-0.1, -0.05) is 199 Å². The number of esters is 1. The molecule has 0 amide bonds. The molecule has 1 unspecified atom stereocenters. The van der Waals surface area contributed by atoms with Crippen LogP contribution >= 0.6 is 7.82 Å². The topological polar surface area (TPSA) is 117 Å². The summed E-state index contributed by atoms with van der Waals surface area (Å²) in [7, 11) is -4.29. The van der Waals surface area contributed by atoms with Gasteiger partial charge in [-0.05, 0) is 51.0 Å². The van der Waals surface area contributed by atoms with Crippen LogP contribution in [0.1, 0.15) is 239 Å². The smallest absolute Gasteiger partial charge is 0.472 e. The monoisotopic (exact) mass is 814 g/mol. The SMILES string of the molecule is CCCCCCCC/C=C/CCCCCCCCCCCCCC(=O)O[C@H](CO/C=C/CCCCCCCCCCCCCCCC)COP(=O)(O)OCCN. The number of hydrogen-bond donors (Lipinski definition) is 2. The summed E-state index contributed by atoms with van der Waals surface area (Å²) in [5.41, 5.74) is 5.37. The second-order valence-electron chi connectivity index (χ2n) is 16.0. The molecule has 0 radical (unpaired) electrons. The molecule has 332 valence electrons. The van der Waals surface area contributed by atoms with Gasteiger partial charge in [-0.3, -0.25) is 13.8 Å². The van der Waals surface area contributed by atoms with E-state index in [0.29, 0.717) is 6.42 Å². The van der Waals surface area contributed by atoms with Gasteiger partial charge in [-0.25, -0.2) is 4.57 Å². The minimum Gasteiger partial charge on any atom is -0.498 e. The van der Waals surface area contributed by atoms with Crippen molar-refractivity contribution in [2.45, 2.75) is 245 Å². The third-order valence-corrected chi connectivity index (χ3v) is 11.4. The van der Waals surface area contributed by atoms with Crippen LogP contribution in [-0.4, -0.2) is 43.3 Å². The molecule has 0 bridgehead atoms. The van der Waals surface area contributed by atoms with Crippen molar-refractivity contribution in [3.63, 3.8) is 0 Å². The van der Waals surface area contributed by atoms with Crippen LogP contribution < -0.4 is 5.73 Å². The fraction of sp³-hybridized carbons (Fsp3) is 0.894.